The molecular formula is C69H74N2O4. The average Bonchev–Trinajstić information content (AvgIpc) is 3.93. The van der Waals surface area contributed by atoms with Crippen LogP contribution in [0.2, 0.25) is 0 Å². The molecule has 0 radical (unpaired) electrons. The first-order valence-corrected chi connectivity index (χ1v) is 26.7. The number of aryl methyl sites for hydroxylation is 2. The number of hydrogen-bond donors (Lipinski definition) is 4. The van der Waals surface area contributed by atoms with E-state index in [0.717, 1.165) is 88.5 Å². The monoisotopic (exact) mass is 995 g/mol. The molecule has 0 atom stereocenters. The highest BCUT2D eigenvalue weighted by Crippen LogP contribution is 2.47. The zero-order valence-corrected chi connectivity index (χ0v) is 46.7. The van der Waals surface area contributed by atoms with Gasteiger partial charge in [0.1, 0.15) is 23.0 Å². The molecule has 0 aliphatic heterocycles. The molecule has 0 bridgehead atoms. The van der Waals surface area contributed by atoms with Gasteiger partial charge in [-0.3, -0.25) is 0 Å². The summed E-state index contributed by atoms with van der Waals surface area (Å²) in [5.41, 5.74) is 17.6. The van der Waals surface area contributed by atoms with Gasteiger partial charge in [0.05, 0.1) is 11.0 Å². The Bertz CT molecular complexity index is 3600. The maximum absolute atomic E-state index is 12.2. The molecule has 0 aliphatic carbocycles. The first-order valence-electron chi connectivity index (χ1n) is 26.7. The normalized spacial score (nSPS) is 12.7. The quantitative estimate of drug-likeness (QED) is 0.108. The number of hydrogen-bond acceptors (Lipinski definition) is 4. The first-order chi connectivity index (χ1) is 35.3. The fraction of sp³-hybridized carbons (Fsp3) is 0.304. The van der Waals surface area contributed by atoms with Crippen molar-refractivity contribution < 1.29 is 19.7 Å². The van der Waals surface area contributed by atoms with Crippen LogP contribution in [0.5, 0.6) is 23.0 Å². The number of aromatic hydroxyl groups is 2. The summed E-state index contributed by atoms with van der Waals surface area (Å²) in [6, 6.07) is 46.7. The lowest BCUT2D eigenvalue weighted by Crippen LogP contribution is -2.23. The van der Waals surface area contributed by atoms with Crippen LogP contribution in [0, 0.1) is 13.8 Å². The van der Waals surface area contributed by atoms with Crippen LogP contribution < -0.4 is 9.47 Å². The van der Waals surface area contributed by atoms with Crippen LogP contribution in [0.15, 0.2) is 133 Å². The van der Waals surface area contributed by atoms with Gasteiger partial charge in [-0.25, -0.2) is 0 Å². The minimum absolute atomic E-state index is 0.0116. The van der Waals surface area contributed by atoms with Crippen molar-refractivity contribution in [3.05, 3.63) is 167 Å². The van der Waals surface area contributed by atoms with E-state index in [2.05, 4.69) is 173 Å². The van der Waals surface area contributed by atoms with Crippen molar-refractivity contribution in [2.75, 3.05) is 0 Å². The first kappa shape index (κ1) is 51.1. The molecule has 0 saturated heterocycles. The lowest BCUT2D eigenvalue weighted by molar-refractivity contribution is 0.00230. The third-order valence-electron chi connectivity index (χ3n) is 15.4. The Balaban J connectivity index is 0.919. The number of fused-ring (bicyclic) bond motifs is 6. The van der Waals surface area contributed by atoms with Crippen LogP contribution in [-0.4, -0.2) is 26.5 Å². The van der Waals surface area contributed by atoms with Crippen LogP contribution in [0.4, 0.5) is 0 Å². The number of ether oxygens (including phenoxy) is 2. The van der Waals surface area contributed by atoms with Crippen molar-refractivity contribution in [1.29, 1.82) is 0 Å². The molecule has 0 aliphatic rings. The number of para-hydroxylation sites is 2. The molecule has 2 aromatic heterocycles. The van der Waals surface area contributed by atoms with Crippen molar-refractivity contribution in [2.45, 2.75) is 138 Å². The number of phenolic OH excluding ortho intramolecular Hbond substituents is 2. The molecule has 8 aromatic carbocycles. The highest BCUT2D eigenvalue weighted by Gasteiger charge is 2.26. The predicted molar refractivity (Wildman–Crippen MR) is 316 cm³/mol. The summed E-state index contributed by atoms with van der Waals surface area (Å²) in [5, 5.41) is 29.2. The molecule has 6 heteroatoms. The second-order valence-corrected chi connectivity index (χ2v) is 25.1. The predicted octanol–water partition coefficient (Wildman–Crippen LogP) is 19.0. The molecule has 0 unspecified atom stereocenters. The van der Waals surface area contributed by atoms with Gasteiger partial charge in [-0.15, -0.1) is 0 Å². The van der Waals surface area contributed by atoms with Gasteiger partial charge in [-0.2, -0.15) is 0 Å². The molecule has 0 spiro atoms. The van der Waals surface area contributed by atoms with E-state index in [1.165, 1.54) is 33.0 Å². The zero-order valence-electron chi connectivity index (χ0n) is 46.7. The highest BCUT2D eigenvalue weighted by molar-refractivity contribution is 6.14. The number of benzene rings is 8. The molecule has 10 aromatic rings. The van der Waals surface area contributed by atoms with Gasteiger partial charge in [0, 0.05) is 72.4 Å². The number of H-pyrrole nitrogens is 2. The van der Waals surface area contributed by atoms with Gasteiger partial charge in [0.25, 0.3) is 0 Å². The zero-order chi connectivity index (χ0) is 53.7. The van der Waals surface area contributed by atoms with Crippen molar-refractivity contribution in [3.63, 3.8) is 0 Å². The largest absolute Gasteiger partial charge is 0.507 e. The maximum atomic E-state index is 12.2. The van der Waals surface area contributed by atoms with Crippen molar-refractivity contribution >= 4 is 43.6 Å². The molecule has 0 saturated carbocycles. The van der Waals surface area contributed by atoms with E-state index >= 15 is 0 Å². The lowest BCUT2D eigenvalue weighted by atomic mass is 9.83. The van der Waals surface area contributed by atoms with E-state index in [9.17, 15) is 10.2 Å². The van der Waals surface area contributed by atoms with Gasteiger partial charge in [0.2, 0.25) is 6.29 Å². The van der Waals surface area contributed by atoms with Gasteiger partial charge in [0.15, 0.2) is 0 Å². The topological polar surface area (TPSA) is 90.5 Å². The number of aromatic amines is 2. The van der Waals surface area contributed by atoms with E-state index in [0.29, 0.717) is 17.9 Å². The van der Waals surface area contributed by atoms with Crippen molar-refractivity contribution in [3.8, 4) is 67.5 Å². The molecule has 6 nitrogen and oxygen atoms in total. The number of phenols is 2. The molecule has 2 heterocycles. The summed E-state index contributed by atoms with van der Waals surface area (Å²) >= 11 is 0. The summed E-state index contributed by atoms with van der Waals surface area (Å²) < 4.78 is 13.2. The van der Waals surface area contributed by atoms with E-state index in [1.807, 2.05) is 74.5 Å². The Hall–Kier alpha value is -7.44. The van der Waals surface area contributed by atoms with Gasteiger partial charge in [-0.05, 0) is 153 Å². The fourth-order valence-electron chi connectivity index (χ4n) is 10.6. The van der Waals surface area contributed by atoms with Gasteiger partial charge >= 0.3 is 0 Å². The summed E-state index contributed by atoms with van der Waals surface area (Å²) in [5.74, 6) is 1.88. The number of rotatable bonds is 9. The molecule has 4 N–H and O–H groups in total. The molecule has 384 valence electrons. The molecule has 0 amide bonds. The molecule has 0 fully saturated rings. The average molecular weight is 995 g/mol. The van der Waals surface area contributed by atoms with Crippen molar-refractivity contribution in [1.82, 2.24) is 9.97 Å². The number of aromatic nitrogens is 2. The van der Waals surface area contributed by atoms with Gasteiger partial charge in [-0.1, -0.05) is 151 Å². The Morgan fingerprint density at radius 1 is 0.400 bits per heavy atom. The van der Waals surface area contributed by atoms with E-state index in [1.54, 1.807) is 0 Å². The highest BCUT2D eigenvalue weighted by atomic mass is 16.7. The van der Waals surface area contributed by atoms with E-state index in [-0.39, 0.29) is 33.2 Å². The molecular weight excluding hydrogens is 921 g/mol. The Morgan fingerprint density at radius 2 is 0.760 bits per heavy atom. The van der Waals surface area contributed by atoms with Crippen LogP contribution in [-0.2, 0) is 21.7 Å². The van der Waals surface area contributed by atoms with Crippen LogP contribution in [0.1, 0.15) is 130 Å². The lowest BCUT2D eigenvalue weighted by Gasteiger charge is -2.23. The van der Waals surface area contributed by atoms with E-state index in [4.69, 9.17) is 9.47 Å². The SMILES string of the molecule is CCC(Oc1ccc(-c2cccc(-c3cc(C(C)(C)C)cc4c3[nH]c3ccc(C(C)(C)C)cc34)c2O)cc1C)Oc1ccc(-c2cccc(-c3cc(C(C)(C)C)cc4c3[nH]c3ccc(C(C)(C)C)cc34)c2O)cc1C. The summed E-state index contributed by atoms with van der Waals surface area (Å²) in [4.78, 5) is 7.47. The molecule has 10 rings (SSSR count). The summed E-state index contributed by atoms with van der Waals surface area (Å²) in [6.07, 6.45) is 0.0450. The molecule has 75 heavy (non-hydrogen) atoms. The van der Waals surface area contributed by atoms with Crippen LogP contribution >= 0.6 is 0 Å². The van der Waals surface area contributed by atoms with Crippen LogP contribution in [0.25, 0.3) is 88.1 Å². The second kappa shape index (κ2) is 18.4. The summed E-state index contributed by atoms with van der Waals surface area (Å²) in [6.45, 7) is 33.1. The Labute approximate surface area is 443 Å². The second-order valence-electron chi connectivity index (χ2n) is 25.1. The summed E-state index contributed by atoms with van der Waals surface area (Å²) in [7, 11) is 0. The number of nitrogens with one attached hydrogen (secondary N) is 2. The standard InChI is InChI=1S/C69H74N2O4/c1-16-61(74-59-29-23-41(31-39(59)2)47-19-17-21-49(64(47)72)53-35-45(68(10,11)12)37-55-51-33-43(66(4,5)6)25-27-57(51)70-62(53)55)75-60-30-24-42(32-40(60)3)48-20-18-22-50(65(48)73)54-36-46(69(13,14)15)38-56-52-34-44(67(7,8)9)26-28-58(52)71-63(54)56/h17-38,61,70-73H,16H2,1-15H3. The van der Waals surface area contributed by atoms with E-state index < -0.39 is 6.29 Å². The smallest absolute Gasteiger partial charge is 0.240 e. The third-order valence-corrected chi connectivity index (χ3v) is 15.4. The fourth-order valence-corrected chi connectivity index (χ4v) is 10.6. The van der Waals surface area contributed by atoms with Gasteiger partial charge < -0.3 is 29.7 Å². The Morgan fingerprint density at radius 3 is 1.11 bits per heavy atom. The third kappa shape index (κ3) is 9.54. The van der Waals surface area contributed by atoms with Crippen LogP contribution in [0.3, 0.4) is 0 Å². The maximum Gasteiger partial charge on any atom is 0.240 e. The Kier molecular flexibility index (Phi) is 12.6. The van der Waals surface area contributed by atoms with Crippen molar-refractivity contribution in [2.24, 2.45) is 0 Å². The minimum Gasteiger partial charge on any atom is -0.507 e. The minimum atomic E-state index is -0.561.